The molecule has 2 amide bonds. The van der Waals surface area contributed by atoms with Crippen LogP contribution < -0.4 is 27.2 Å². The van der Waals surface area contributed by atoms with Gasteiger partial charge in [0, 0.05) is 17.8 Å². The lowest BCUT2D eigenvalue weighted by molar-refractivity contribution is 0.258. The van der Waals surface area contributed by atoms with Crippen molar-refractivity contribution in [3.05, 3.63) is 86.0 Å². The zero-order valence-corrected chi connectivity index (χ0v) is 15.7. The molecule has 0 fully saturated rings. The normalized spacial score (nSPS) is 10.5. The van der Waals surface area contributed by atoms with Crippen LogP contribution in [-0.2, 0) is 6.54 Å². The first-order chi connectivity index (χ1) is 13.4. The van der Waals surface area contributed by atoms with E-state index in [9.17, 15) is 14.4 Å². The topological polar surface area (TPSA) is 113 Å². The molecule has 0 bridgehead atoms. The number of aromatic nitrogens is 2. The van der Waals surface area contributed by atoms with Gasteiger partial charge in [0.2, 0.25) is 0 Å². The first-order valence-corrected chi connectivity index (χ1v) is 8.71. The summed E-state index contributed by atoms with van der Waals surface area (Å²) in [5.41, 5.74) is 5.83. The number of aromatic amines is 1. The van der Waals surface area contributed by atoms with E-state index < -0.39 is 17.3 Å². The SMILES string of the molecule is CN(C(=O)Nc1cccc(Cl)c1)c1c(N)n(Cc2ccccc2)c(=O)[nH]c1=O. The predicted molar refractivity (Wildman–Crippen MR) is 110 cm³/mol. The van der Waals surface area contributed by atoms with Crippen molar-refractivity contribution in [2.45, 2.75) is 6.54 Å². The minimum absolute atomic E-state index is 0.110. The van der Waals surface area contributed by atoms with Crippen molar-refractivity contribution >= 4 is 34.8 Å². The summed E-state index contributed by atoms with van der Waals surface area (Å²) in [6.45, 7) is 0.152. The molecule has 0 aliphatic heterocycles. The van der Waals surface area contributed by atoms with Gasteiger partial charge in [0.1, 0.15) is 5.82 Å². The molecule has 0 atom stereocenters. The summed E-state index contributed by atoms with van der Waals surface area (Å²) in [5, 5.41) is 3.08. The molecule has 3 rings (SSSR count). The predicted octanol–water partition coefficient (Wildman–Crippen LogP) is 2.49. The quantitative estimate of drug-likeness (QED) is 0.625. The Morgan fingerprint density at radius 1 is 1.18 bits per heavy atom. The summed E-state index contributed by atoms with van der Waals surface area (Å²) in [5.74, 6) is -0.110. The number of benzene rings is 2. The highest BCUT2D eigenvalue weighted by molar-refractivity contribution is 6.30. The number of nitrogens with one attached hydrogen (secondary N) is 2. The van der Waals surface area contributed by atoms with Crippen molar-refractivity contribution < 1.29 is 4.79 Å². The van der Waals surface area contributed by atoms with Crippen molar-refractivity contribution in [3.63, 3.8) is 0 Å². The van der Waals surface area contributed by atoms with E-state index in [2.05, 4.69) is 10.3 Å². The molecule has 1 aromatic heterocycles. The summed E-state index contributed by atoms with van der Waals surface area (Å²) in [6.07, 6.45) is 0. The first kappa shape index (κ1) is 19.2. The Labute approximate surface area is 165 Å². The van der Waals surface area contributed by atoms with E-state index in [1.54, 1.807) is 24.3 Å². The van der Waals surface area contributed by atoms with Gasteiger partial charge in [0.25, 0.3) is 5.56 Å². The van der Waals surface area contributed by atoms with Crippen LogP contribution in [0.1, 0.15) is 5.56 Å². The molecule has 9 heteroatoms. The van der Waals surface area contributed by atoms with Gasteiger partial charge in [-0.2, -0.15) is 0 Å². The molecule has 144 valence electrons. The number of urea groups is 1. The van der Waals surface area contributed by atoms with E-state index >= 15 is 0 Å². The molecule has 3 aromatic rings. The van der Waals surface area contributed by atoms with Crippen LogP contribution in [0.3, 0.4) is 0 Å². The van der Waals surface area contributed by atoms with E-state index in [-0.39, 0.29) is 18.1 Å². The maximum atomic E-state index is 12.6. The first-order valence-electron chi connectivity index (χ1n) is 8.33. The number of H-pyrrole nitrogens is 1. The Morgan fingerprint density at radius 2 is 1.89 bits per heavy atom. The number of amides is 2. The lowest BCUT2D eigenvalue weighted by Crippen LogP contribution is -2.41. The van der Waals surface area contributed by atoms with Gasteiger partial charge in [-0.3, -0.25) is 19.2 Å². The number of rotatable bonds is 4. The van der Waals surface area contributed by atoms with Crippen LogP contribution in [0.15, 0.2) is 64.2 Å². The number of nitrogens with two attached hydrogens (primary N) is 1. The summed E-state index contributed by atoms with van der Waals surface area (Å²) in [4.78, 5) is 40.4. The van der Waals surface area contributed by atoms with E-state index in [4.69, 9.17) is 17.3 Å². The van der Waals surface area contributed by atoms with Crippen LogP contribution in [0.4, 0.5) is 22.0 Å². The molecular formula is C19H18ClN5O3. The van der Waals surface area contributed by atoms with Crippen molar-refractivity contribution in [1.29, 1.82) is 0 Å². The molecule has 8 nitrogen and oxygen atoms in total. The van der Waals surface area contributed by atoms with Crippen molar-refractivity contribution in [2.75, 3.05) is 23.0 Å². The maximum absolute atomic E-state index is 12.6. The monoisotopic (exact) mass is 399 g/mol. The highest BCUT2D eigenvalue weighted by Gasteiger charge is 2.21. The number of nitrogen functional groups attached to an aromatic ring is 1. The second-order valence-electron chi connectivity index (χ2n) is 6.06. The highest BCUT2D eigenvalue weighted by atomic mass is 35.5. The molecule has 0 radical (unpaired) electrons. The lowest BCUT2D eigenvalue weighted by atomic mass is 10.2. The molecule has 28 heavy (non-hydrogen) atoms. The van der Waals surface area contributed by atoms with Crippen LogP contribution in [0, 0.1) is 0 Å². The average Bonchev–Trinajstić information content (AvgIpc) is 2.65. The van der Waals surface area contributed by atoms with Crippen molar-refractivity contribution in [1.82, 2.24) is 9.55 Å². The maximum Gasteiger partial charge on any atom is 0.330 e. The fraction of sp³-hybridized carbons (Fsp3) is 0.105. The van der Waals surface area contributed by atoms with Gasteiger partial charge in [0.05, 0.1) is 6.54 Å². The summed E-state index contributed by atoms with van der Waals surface area (Å²) in [6, 6.07) is 15.1. The Morgan fingerprint density at radius 3 is 2.57 bits per heavy atom. The fourth-order valence-corrected chi connectivity index (χ4v) is 2.89. The number of hydrogen-bond acceptors (Lipinski definition) is 4. The van der Waals surface area contributed by atoms with E-state index in [1.165, 1.54) is 11.6 Å². The Bertz CT molecular complexity index is 1120. The zero-order valence-electron chi connectivity index (χ0n) is 15.0. The molecule has 4 N–H and O–H groups in total. The number of nitrogens with zero attached hydrogens (tertiary/aromatic N) is 2. The third kappa shape index (κ3) is 4.07. The molecule has 0 aliphatic carbocycles. The van der Waals surface area contributed by atoms with Gasteiger partial charge in [-0.05, 0) is 23.8 Å². The highest BCUT2D eigenvalue weighted by Crippen LogP contribution is 2.19. The molecular weight excluding hydrogens is 382 g/mol. The lowest BCUT2D eigenvalue weighted by Gasteiger charge is -2.21. The third-order valence-corrected chi connectivity index (χ3v) is 4.35. The zero-order chi connectivity index (χ0) is 20.3. The Balaban J connectivity index is 1.94. The molecule has 0 saturated heterocycles. The number of anilines is 3. The van der Waals surface area contributed by atoms with Crippen LogP contribution in [0.2, 0.25) is 5.02 Å². The van der Waals surface area contributed by atoms with Gasteiger partial charge < -0.3 is 11.1 Å². The summed E-state index contributed by atoms with van der Waals surface area (Å²) in [7, 11) is 1.39. The van der Waals surface area contributed by atoms with Gasteiger partial charge in [-0.1, -0.05) is 48.0 Å². The molecule has 0 spiro atoms. The van der Waals surface area contributed by atoms with E-state index in [0.29, 0.717) is 10.7 Å². The molecule has 2 aromatic carbocycles. The number of hydrogen-bond donors (Lipinski definition) is 3. The molecule has 0 unspecified atom stereocenters. The van der Waals surface area contributed by atoms with Gasteiger partial charge in [-0.15, -0.1) is 0 Å². The number of halogens is 1. The molecule has 0 saturated carbocycles. The summed E-state index contributed by atoms with van der Waals surface area (Å²) < 4.78 is 1.20. The fourth-order valence-electron chi connectivity index (χ4n) is 2.70. The minimum Gasteiger partial charge on any atom is -0.383 e. The number of carbonyl (C=O) groups is 1. The van der Waals surface area contributed by atoms with E-state index in [1.807, 2.05) is 30.3 Å². The standard InChI is InChI=1S/C19H18ClN5O3/c1-24(18(27)22-14-9-5-8-13(20)10-14)15-16(21)25(19(28)23-17(15)26)11-12-6-3-2-4-7-12/h2-10H,11,21H2,1H3,(H,22,27)(H,23,26,28). The van der Waals surface area contributed by atoms with Gasteiger partial charge in [0.15, 0.2) is 5.69 Å². The van der Waals surface area contributed by atoms with Crippen LogP contribution in [-0.4, -0.2) is 22.6 Å². The third-order valence-electron chi connectivity index (χ3n) is 4.11. The molecule has 0 aliphatic rings. The van der Waals surface area contributed by atoms with Crippen LogP contribution >= 0.6 is 11.6 Å². The van der Waals surface area contributed by atoms with Gasteiger partial charge >= 0.3 is 11.7 Å². The van der Waals surface area contributed by atoms with Gasteiger partial charge in [-0.25, -0.2) is 9.59 Å². The Kier molecular flexibility index (Phi) is 5.51. The molecule has 1 heterocycles. The second kappa shape index (κ2) is 8.01. The van der Waals surface area contributed by atoms with Crippen LogP contribution in [0.5, 0.6) is 0 Å². The van der Waals surface area contributed by atoms with Crippen molar-refractivity contribution in [3.8, 4) is 0 Å². The van der Waals surface area contributed by atoms with Crippen molar-refractivity contribution in [2.24, 2.45) is 0 Å². The smallest absolute Gasteiger partial charge is 0.330 e. The minimum atomic E-state index is -0.754. The summed E-state index contributed by atoms with van der Waals surface area (Å²) >= 11 is 5.91. The second-order valence-corrected chi connectivity index (χ2v) is 6.50. The van der Waals surface area contributed by atoms with Crippen LogP contribution in [0.25, 0.3) is 0 Å². The average molecular weight is 400 g/mol. The Hall–Kier alpha value is -3.52. The van der Waals surface area contributed by atoms with E-state index in [0.717, 1.165) is 10.5 Å². The largest absolute Gasteiger partial charge is 0.383 e. The number of carbonyl (C=O) groups excluding carboxylic acids is 1.